The van der Waals surface area contributed by atoms with Crippen LogP contribution < -0.4 is 8.32 Å². The summed E-state index contributed by atoms with van der Waals surface area (Å²) in [5.74, 6) is 0. The van der Waals surface area contributed by atoms with E-state index >= 15 is 0 Å². The smallest absolute Gasteiger partial charge is 0 e. The third-order valence-corrected chi connectivity index (χ3v) is 0. The van der Waals surface area contributed by atoms with Crippen molar-refractivity contribution < 1.29 is 66.1 Å². The molecule has 0 saturated carbocycles. The van der Waals surface area contributed by atoms with Crippen molar-refractivity contribution in [3.05, 3.63) is 0 Å². The second-order valence-corrected chi connectivity index (χ2v) is 1.68. The van der Waals surface area contributed by atoms with Gasteiger partial charge in [0.1, 0.15) is 0 Å². The van der Waals surface area contributed by atoms with Crippen LogP contribution >= 0.6 is 0 Å². The minimum absolute atomic E-state index is 0. The zero-order valence-electron chi connectivity index (χ0n) is 3.05. The SMILES string of the molecule is [Cu+2].[O]=[Cr](=[O])([O-])[O-].[Zn]. The Balaban J connectivity index is -0.0000000800. The van der Waals surface area contributed by atoms with E-state index in [4.69, 9.17) is 15.9 Å². The summed E-state index contributed by atoms with van der Waals surface area (Å²) < 4.78 is 34.4. The largest absolute Gasteiger partial charge is 0 e. The minimum Gasteiger partial charge on any atom is 0 e. The van der Waals surface area contributed by atoms with Gasteiger partial charge in [-0.3, -0.25) is 0 Å². The van der Waals surface area contributed by atoms with Gasteiger partial charge in [-0.1, -0.05) is 0 Å². The van der Waals surface area contributed by atoms with Crippen molar-refractivity contribution in [2.45, 2.75) is 0 Å². The second-order valence-electron chi connectivity index (χ2n) is 0.408. The van der Waals surface area contributed by atoms with Gasteiger partial charge in [-0.15, -0.1) is 0 Å². The summed E-state index contributed by atoms with van der Waals surface area (Å²) >= 11 is -5.75. The first-order valence-corrected chi connectivity index (χ1v) is 2.75. The Hall–Kier alpha value is 1.20. The standard InChI is InChI=1S/Cr.Cu.4O.Zn/q;+2;;;2*-1;. The van der Waals surface area contributed by atoms with Crippen molar-refractivity contribution >= 4 is 0 Å². The van der Waals surface area contributed by atoms with Crippen molar-refractivity contribution in [2.75, 3.05) is 0 Å². The number of hydrogen-bond acceptors (Lipinski definition) is 4. The Morgan fingerprint density at radius 2 is 1.14 bits per heavy atom. The quantitative estimate of drug-likeness (QED) is 0.437. The summed E-state index contributed by atoms with van der Waals surface area (Å²) in [6.07, 6.45) is 0. The molecule has 7 heteroatoms. The maximum atomic E-state index is 8.59. The summed E-state index contributed by atoms with van der Waals surface area (Å²) in [7, 11) is 0. The predicted octanol–water partition coefficient (Wildman–Crippen LogP) is -2.62. The molecule has 0 aliphatic heterocycles. The normalized spacial score (nSPS) is 8.29. The van der Waals surface area contributed by atoms with Crippen LogP contribution in [0.5, 0.6) is 0 Å². The van der Waals surface area contributed by atoms with Gasteiger partial charge >= 0.3 is 46.6 Å². The molecule has 0 heterocycles. The molecule has 0 rings (SSSR count). The van der Waals surface area contributed by atoms with Crippen molar-refractivity contribution in [3.63, 3.8) is 0 Å². The van der Waals surface area contributed by atoms with Crippen LogP contribution in [0.1, 0.15) is 0 Å². The van der Waals surface area contributed by atoms with Gasteiger partial charge in [0, 0.05) is 19.5 Å². The first-order valence-electron chi connectivity index (χ1n) is 0.667. The molecule has 0 unspecified atom stereocenters. The third-order valence-electron chi connectivity index (χ3n) is 0. The average molecular weight is 245 g/mol. The molecular formula is CrCuO4Zn. The van der Waals surface area contributed by atoms with Gasteiger partial charge in [0.15, 0.2) is 0 Å². The van der Waals surface area contributed by atoms with E-state index in [0.29, 0.717) is 0 Å². The van der Waals surface area contributed by atoms with Gasteiger partial charge in [-0.2, -0.15) is 0 Å². The van der Waals surface area contributed by atoms with E-state index in [9.17, 15) is 0 Å². The van der Waals surface area contributed by atoms with Gasteiger partial charge in [-0.05, 0) is 0 Å². The second kappa shape index (κ2) is 5.33. The predicted molar refractivity (Wildman–Crippen MR) is 1.37 cm³/mol. The van der Waals surface area contributed by atoms with Crippen LogP contribution in [0.2, 0.25) is 0 Å². The van der Waals surface area contributed by atoms with E-state index < -0.39 is 13.6 Å². The van der Waals surface area contributed by atoms with Gasteiger partial charge in [0.25, 0.3) is 0 Å². The fraction of sp³-hybridized carbons (Fsp3) is 0. The molecule has 0 aliphatic rings. The van der Waals surface area contributed by atoms with Crippen LogP contribution in [0.15, 0.2) is 0 Å². The average Bonchev–Trinajstić information content (AvgIpc) is 0.722. The van der Waals surface area contributed by atoms with Gasteiger partial charge in [0.05, 0.1) is 0 Å². The summed E-state index contributed by atoms with van der Waals surface area (Å²) in [6.45, 7) is 0. The zero-order chi connectivity index (χ0) is 4.50. The maximum absolute atomic E-state index is 8.59. The first-order chi connectivity index (χ1) is 2.00. The van der Waals surface area contributed by atoms with E-state index in [1.807, 2.05) is 0 Å². The fourth-order valence-electron chi connectivity index (χ4n) is 0. The summed E-state index contributed by atoms with van der Waals surface area (Å²) in [4.78, 5) is 0. The molecule has 1 radical (unpaired) electrons. The van der Waals surface area contributed by atoms with Gasteiger partial charge < -0.3 is 0 Å². The molecule has 0 atom stereocenters. The topological polar surface area (TPSA) is 80.3 Å². The van der Waals surface area contributed by atoms with E-state index in [0.717, 1.165) is 0 Å². The molecule has 0 fully saturated rings. The Kier molecular flexibility index (Phi) is 12.0. The van der Waals surface area contributed by atoms with Crippen LogP contribution in [0.25, 0.3) is 0 Å². The van der Waals surface area contributed by atoms with E-state index in [-0.39, 0.29) is 36.5 Å². The van der Waals surface area contributed by atoms with E-state index in [1.54, 1.807) is 0 Å². The molecule has 0 aromatic heterocycles. The van der Waals surface area contributed by atoms with Crippen LogP contribution in [0.4, 0.5) is 0 Å². The molecule has 43 valence electrons. The molecule has 0 bridgehead atoms. The maximum Gasteiger partial charge on any atom is 0 e. The Labute approximate surface area is 65.9 Å². The Morgan fingerprint density at radius 3 is 1.14 bits per heavy atom. The van der Waals surface area contributed by atoms with Crippen LogP contribution in [-0.2, 0) is 57.8 Å². The third kappa shape index (κ3) is 136. The summed E-state index contributed by atoms with van der Waals surface area (Å²) in [5.41, 5.74) is 0. The van der Waals surface area contributed by atoms with E-state index in [1.165, 1.54) is 0 Å². The van der Waals surface area contributed by atoms with Crippen LogP contribution in [0.3, 0.4) is 0 Å². The molecule has 0 aromatic rings. The van der Waals surface area contributed by atoms with Crippen molar-refractivity contribution in [2.24, 2.45) is 0 Å². The minimum atomic E-state index is -5.75. The molecular weight excluding hydrogens is 245 g/mol. The summed E-state index contributed by atoms with van der Waals surface area (Å²) in [5, 5.41) is 0. The number of hydrogen-bond donors (Lipinski definition) is 0. The molecule has 0 spiro atoms. The zero-order valence-corrected chi connectivity index (χ0v) is 8.23. The van der Waals surface area contributed by atoms with Crippen molar-refractivity contribution in [1.82, 2.24) is 0 Å². The first kappa shape index (κ1) is 15.7. The molecule has 0 N–H and O–H groups in total. The summed E-state index contributed by atoms with van der Waals surface area (Å²) in [6, 6.07) is 0. The molecule has 0 aromatic carbocycles. The molecule has 0 saturated heterocycles. The van der Waals surface area contributed by atoms with Crippen LogP contribution in [-0.4, -0.2) is 0 Å². The van der Waals surface area contributed by atoms with Crippen molar-refractivity contribution in [1.29, 1.82) is 0 Å². The van der Waals surface area contributed by atoms with Gasteiger partial charge in [0.2, 0.25) is 0 Å². The van der Waals surface area contributed by atoms with E-state index in [2.05, 4.69) is 0 Å². The molecule has 7 heavy (non-hydrogen) atoms. The van der Waals surface area contributed by atoms with Crippen LogP contribution in [0, 0.1) is 0 Å². The monoisotopic (exact) mass is 243 g/mol. The fourth-order valence-corrected chi connectivity index (χ4v) is 0. The van der Waals surface area contributed by atoms with Gasteiger partial charge in [-0.25, -0.2) is 0 Å². The Morgan fingerprint density at radius 1 is 1.14 bits per heavy atom. The Bertz CT molecular complexity index is 94.9. The molecule has 0 amide bonds. The van der Waals surface area contributed by atoms with Crippen molar-refractivity contribution in [3.8, 4) is 0 Å². The molecule has 0 aliphatic carbocycles. The molecule has 4 nitrogen and oxygen atoms in total. The number of rotatable bonds is 0.